The van der Waals surface area contributed by atoms with Crippen LogP contribution in [0.2, 0.25) is 0 Å². The van der Waals surface area contributed by atoms with E-state index in [-0.39, 0.29) is 0 Å². The van der Waals surface area contributed by atoms with E-state index in [9.17, 15) is 9.90 Å². The van der Waals surface area contributed by atoms with Crippen LogP contribution in [0.25, 0.3) is 0 Å². The van der Waals surface area contributed by atoms with Crippen molar-refractivity contribution >= 4 is 17.7 Å². The fourth-order valence-electron chi connectivity index (χ4n) is 1.01. The second kappa shape index (κ2) is 8.34. The van der Waals surface area contributed by atoms with Crippen molar-refractivity contribution in [2.24, 2.45) is 0 Å². The molecule has 0 radical (unpaired) electrons. The molecule has 0 aromatic carbocycles. The Kier molecular flexibility index (Phi) is 8.18. The van der Waals surface area contributed by atoms with Crippen LogP contribution in [0, 0.1) is 0 Å². The van der Waals surface area contributed by atoms with E-state index in [0.29, 0.717) is 6.42 Å². The third-order valence-electron chi connectivity index (χ3n) is 1.78. The van der Waals surface area contributed by atoms with Crippen LogP contribution in [0.5, 0.6) is 0 Å². The summed E-state index contributed by atoms with van der Waals surface area (Å²) >= 11 is 1.78. The van der Waals surface area contributed by atoms with Gasteiger partial charge in [0.15, 0.2) is 0 Å². The number of hydrogen-bond acceptors (Lipinski definition) is 5. The molecule has 0 aliphatic rings. The lowest BCUT2D eigenvalue weighted by atomic mass is 10.1. The molecule has 0 bridgehead atoms. The van der Waals surface area contributed by atoms with E-state index in [4.69, 9.17) is 5.21 Å². The van der Waals surface area contributed by atoms with Crippen molar-refractivity contribution in [2.75, 3.05) is 12.0 Å². The Labute approximate surface area is 82.7 Å². The number of carbonyl (C=O) groups is 1. The van der Waals surface area contributed by atoms with E-state index in [1.165, 1.54) is 0 Å². The molecule has 0 fully saturated rings. The van der Waals surface area contributed by atoms with Crippen molar-refractivity contribution in [3.8, 4) is 0 Å². The van der Waals surface area contributed by atoms with Crippen molar-refractivity contribution in [3.63, 3.8) is 0 Å². The molecule has 0 saturated carbocycles. The van der Waals surface area contributed by atoms with E-state index in [1.54, 1.807) is 17.2 Å². The van der Waals surface area contributed by atoms with Gasteiger partial charge in [-0.15, -0.1) is 0 Å². The molecule has 0 spiro atoms. The lowest BCUT2D eigenvalue weighted by Crippen LogP contribution is -2.44. The molecule has 0 aromatic heterocycles. The largest absolute Gasteiger partial charge is 0.548 e. The molecule has 0 amide bonds. The molecule has 13 heavy (non-hydrogen) atoms. The van der Waals surface area contributed by atoms with Crippen LogP contribution in [0.3, 0.4) is 0 Å². The Bertz CT molecular complexity index is 143. The Morgan fingerprint density at radius 1 is 1.54 bits per heavy atom. The number of rotatable bonds is 8. The minimum Gasteiger partial charge on any atom is -0.548 e. The maximum Gasteiger partial charge on any atom is 0.0714 e. The fraction of sp³-hybridized carbons (Fsp3) is 0.875. The van der Waals surface area contributed by atoms with Crippen molar-refractivity contribution in [1.29, 1.82) is 0 Å². The molecule has 0 aliphatic carbocycles. The summed E-state index contributed by atoms with van der Waals surface area (Å²) in [5.74, 6) is -0.143. The van der Waals surface area contributed by atoms with Crippen LogP contribution in [0.1, 0.15) is 25.7 Å². The summed E-state index contributed by atoms with van der Waals surface area (Å²) < 4.78 is 0. The van der Waals surface area contributed by atoms with Gasteiger partial charge in [-0.2, -0.15) is 17.2 Å². The number of carbonyl (C=O) groups excluding carboxylic acids is 1. The number of aliphatic carboxylic acids is 1. The minimum absolute atomic E-state index is 0.424. The molecular weight excluding hydrogens is 190 g/mol. The Balaban J connectivity index is 3.33. The normalized spacial score (nSPS) is 12.8. The molecule has 1 atom stereocenters. The number of hydrogen-bond donors (Lipinski definition) is 2. The monoisotopic (exact) mass is 206 g/mol. The number of thioether (sulfide) groups is 1. The van der Waals surface area contributed by atoms with Gasteiger partial charge in [0.05, 0.1) is 12.0 Å². The standard InChI is InChI=1S/C8H17NO3S/c1-13-6-4-2-3-5-7(9-12)8(10)11/h7,9,12H,2-6H2,1H3,(H,10,11)/p-1/t7-/m0/s1. The summed E-state index contributed by atoms with van der Waals surface area (Å²) in [4.78, 5) is 10.3. The summed E-state index contributed by atoms with van der Waals surface area (Å²) in [7, 11) is 0. The van der Waals surface area contributed by atoms with Gasteiger partial charge >= 0.3 is 0 Å². The van der Waals surface area contributed by atoms with E-state index in [1.807, 2.05) is 6.26 Å². The Hall–Kier alpha value is -0.260. The lowest BCUT2D eigenvalue weighted by molar-refractivity contribution is -0.310. The highest BCUT2D eigenvalue weighted by Crippen LogP contribution is 2.06. The Morgan fingerprint density at radius 2 is 2.23 bits per heavy atom. The first-order valence-corrected chi connectivity index (χ1v) is 5.71. The lowest BCUT2D eigenvalue weighted by Gasteiger charge is -2.15. The minimum atomic E-state index is -1.24. The van der Waals surface area contributed by atoms with Crippen LogP contribution >= 0.6 is 11.8 Å². The highest BCUT2D eigenvalue weighted by atomic mass is 32.2. The topological polar surface area (TPSA) is 72.4 Å². The van der Waals surface area contributed by atoms with Crippen LogP contribution in [0.4, 0.5) is 0 Å². The highest BCUT2D eigenvalue weighted by Gasteiger charge is 2.06. The summed E-state index contributed by atoms with van der Waals surface area (Å²) in [6, 6.07) is -0.922. The van der Waals surface area contributed by atoms with Gasteiger partial charge in [-0.05, 0) is 24.9 Å². The van der Waals surface area contributed by atoms with E-state index >= 15 is 0 Å². The Morgan fingerprint density at radius 3 is 2.69 bits per heavy atom. The molecule has 5 heteroatoms. The molecule has 0 unspecified atom stereocenters. The molecule has 0 saturated heterocycles. The SMILES string of the molecule is CSCCCCC[C@H](NO)C(=O)[O-]. The average molecular weight is 206 g/mol. The molecule has 0 aliphatic heterocycles. The first-order chi connectivity index (χ1) is 6.22. The predicted octanol–water partition coefficient (Wildman–Crippen LogP) is 0.00710. The van der Waals surface area contributed by atoms with Crippen LogP contribution < -0.4 is 10.6 Å². The molecule has 0 aromatic rings. The summed E-state index contributed by atoms with van der Waals surface area (Å²) in [6.45, 7) is 0. The number of nitrogens with one attached hydrogen (secondary N) is 1. The molecular formula is C8H16NO3S-. The number of hydroxylamine groups is 1. The molecule has 78 valence electrons. The van der Waals surface area contributed by atoms with Crippen molar-refractivity contribution < 1.29 is 15.1 Å². The van der Waals surface area contributed by atoms with Crippen LogP contribution in [-0.4, -0.2) is 29.2 Å². The van der Waals surface area contributed by atoms with Gasteiger partial charge in [0.1, 0.15) is 0 Å². The van der Waals surface area contributed by atoms with Crippen molar-refractivity contribution in [2.45, 2.75) is 31.7 Å². The zero-order valence-electron chi connectivity index (χ0n) is 7.78. The van der Waals surface area contributed by atoms with Gasteiger partial charge in [0.25, 0.3) is 0 Å². The average Bonchev–Trinajstić information content (AvgIpc) is 2.10. The van der Waals surface area contributed by atoms with Gasteiger partial charge in [0, 0.05) is 0 Å². The first kappa shape index (κ1) is 12.7. The third kappa shape index (κ3) is 6.86. The van der Waals surface area contributed by atoms with Gasteiger partial charge in [-0.1, -0.05) is 12.8 Å². The van der Waals surface area contributed by atoms with E-state index in [0.717, 1.165) is 25.0 Å². The summed E-state index contributed by atoms with van der Waals surface area (Å²) in [6.07, 6.45) is 5.35. The van der Waals surface area contributed by atoms with Crippen molar-refractivity contribution in [3.05, 3.63) is 0 Å². The zero-order chi connectivity index (χ0) is 10.1. The van der Waals surface area contributed by atoms with E-state index in [2.05, 4.69) is 0 Å². The fourth-order valence-corrected chi connectivity index (χ4v) is 1.50. The molecule has 0 rings (SSSR count). The third-order valence-corrected chi connectivity index (χ3v) is 2.48. The maximum atomic E-state index is 10.3. The predicted molar refractivity (Wildman–Crippen MR) is 50.6 cm³/mol. The van der Waals surface area contributed by atoms with Gasteiger partial charge in [-0.25, -0.2) is 0 Å². The second-order valence-corrected chi connectivity index (χ2v) is 3.83. The van der Waals surface area contributed by atoms with Gasteiger partial charge < -0.3 is 15.1 Å². The number of carboxylic acid groups (broad SMARTS) is 1. The second-order valence-electron chi connectivity index (χ2n) is 2.84. The van der Waals surface area contributed by atoms with E-state index < -0.39 is 12.0 Å². The summed E-state index contributed by atoms with van der Waals surface area (Å²) in [5.41, 5.74) is 1.73. The van der Waals surface area contributed by atoms with Crippen LogP contribution in [0.15, 0.2) is 0 Å². The summed E-state index contributed by atoms with van der Waals surface area (Å²) in [5, 5.41) is 18.7. The van der Waals surface area contributed by atoms with Gasteiger partial charge in [-0.3, -0.25) is 0 Å². The zero-order valence-corrected chi connectivity index (χ0v) is 8.60. The quantitative estimate of drug-likeness (QED) is 0.432. The first-order valence-electron chi connectivity index (χ1n) is 4.31. The molecule has 0 heterocycles. The number of carboxylic acids is 1. The highest BCUT2D eigenvalue weighted by molar-refractivity contribution is 7.98. The molecule has 4 nitrogen and oxygen atoms in total. The van der Waals surface area contributed by atoms with Crippen LogP contribution in [-0.2, 0) is 4.79 Å². The van der Waals surface area contributed by atoms with Crippen molar-refractivity contribution in [1.82, 2.24) is 5.48 Å². The number of unbranched alkanes of at least 4 members (excludes halogenated alkanes) is 2. The smallest absolute Gasteiger partial charge is 0.0714 e. The molecule has 2 N–H and O–H groups in total. The maximum absolute atomic E-state index is 10.3. The van der Waals surface area contributed by atoms with Gasteiger partial charge in [0.2, 0.25) is 0 Å².